The molecule has 124 valence electrons. The second-order valence-electron chi connectivity index (χ2n) is 5.84. The van der Waals surface area contributed by atoms with Crippen molar-refractivity contribution < 1.29 is 20.1 Å². The standard InChI is InChI=1S/C16H16N4O4/c17-19(12-4-2-1-3-11(12)16(23)24)20-15-8-13(18(15)20)10-6-5-9(21)7-14(10)22/h1-7,13,15,21-22H,8,17H2,(H,23,24). The number of aromatic hydroxyl groups is 2. The maximum Gasteiger partial charge on any atom is 0.337 e. The van der Waals surface area contributed by atoms with Gasteiger partial charge in [0.15, 0.2) is 0 Å². The van der Waals surface area contributed by atoms with Crippen LogP contribution in [0.3, 0.4) is 0 Å². The Kier molecular flexibility index (Phi) is 3.14. The van der Waals surface area contributed by atoms with Crippen LogP contribution in [-0.4, -0.2) is 37.6 Å². The Labute approximate surface area is 137 Å². The van der Waals surface area contributed by atoms with Crippen molar-refractivity contribution in [1.29, 1.82) is 0 Å². The van der Waals surface area contributed by atoms with Gasteiger partial charge in [-0.25, -0.2) is 15.8 Å². The molecule has 0 spiro atoms. The number of hydrogen-bond donors (Lipinski definition) is 4. The number of para-hydroxylation sites is 1. The number of carboxylic acids is 1. The first-order chi connectivity index (χ1) is 11.5. The minimum atomic E-state index is -1.04. The summed E-state index contributed by atoms with van der Waals surface area (Å²) >= 11 is 0. The van der Waals surface area contributed by atoms with Gasteiger partial charge in [-0.1, -0.05) is 18.2 Å². The summed E-state index contributed by atoms with van der Waals surface area (Å²) in [5.74, 6) is 5.10. The minimum absolute atomic E-state index is 0.00520. The van der Waals surface area contributed by atoms with E-state index >= 15 is 0 Å². The van der Waals surface area contributed by atoms with Crippen molar-refractivity contribution in [2.24, 2.45) is 5.84 Å². The SMILES string of the molecule is NN(c1ccccc1C(=O)O)N1C2CC(c3ccc(O)cc3O)N21. The summed E-state index contributed by atoms with van der Waals surface area (Å²) in [4.78, 5) is 11.3. The summed E-state index contributed by atoms with van der Waals surface area (Å²) in [6.45, 7) is 0. The van der Waals surface area contributed by atoms with Crippen LogP contribution in [0.4, 0.5) is 5.69 Å². The number of carboxylic acid groups (broad SMARTS) is 1. The van der Waals surface area contributed by atoms with Crippen LogP contribution < -0.4 is 11.0 Å². The zero-order chi connectivity index (χ0) is 17.0. The number of benzene rings is 2. The third kappa shape index (κ3) is 2.08. The van der Waals surface area contributed by atoms with Crippen molar-refractivity contribution in [3.8, 4) is 11.5 Å². The molecule has 24 heavy (non-hydrogen) atoms. The van der Waals surface area contributed by atoms with Gasteiger partial charge in [0.1, 0.15) is 17.7 Å². The second-order valence-corrected chi connectivity index (χ2v) is 5.84. The van der Waals surface area contributed by atoms with E-state index in [-0.39, 0.29) is 29.3 Å². The lowest BCUT2D eigenvalue weighted by Gasteiger charge is -2.25. The molecule has 2 aliphatic heterocycles. The molecule has 0 aromatic heterocycles. The monoisotopic (exact) mass is 328 g/mol. The first-order valence-corrected chi connectivity index (χ1v) is 7.45. The van der Waals surface area contributed by atoms with Crippen LogP contribution in [0.25, 0.3) is 0 Å². The van der Waals surface area contributed by atoms with Gasteiger partial charge in [0, 0.05) is 18.1 Å². The first kappa shape index (κ1) is 14.8. The molecule has 0 bridgehead atoms. The normalized spacial score (nSPS) is 27.0. The van der Waals surface area contributed by atoms with Crippen LogP contribution in [0, 0.1) is 0 Å². The zero-order valence-electron chi connectivity index (χ0n) is 12.6. The predicted molar refractivity (Wildman–Crippen MR) is 84.7 cm³/mol. The van der Waals surface area contributed by atoms with Gasteiger partial charge in [0.05, 0.1) is 17.3 Å². The van der Waals surface area contributed by atoms with Gasteiger partial charge >= 0.3 is 5.97 Å². The highest BCUT2D eigenvalue weighted by Crippen LogP contribution is 2.55. The summed E-state index contributed by atoms with van der Waals surface area (Å²) in [6, 6.07) is 11.0. The quantitative estimate of drug-likeness (QED) is 0.378. The highest BCUT2D eigenvalue weighted by molar-refractivity contribution is 5.94. The molecule has 0 aliphatic carbocycles. The summed E-state index contributed by atoms with van der Waals surface area (Å²) in [5, 5.41) is 33.7. The predicted octanol–water partition coefficient (Wildman–Crippen LogP) is 1.39. The lowest BCUT2D eigenvalue weighted by molar-refractivity contribution is 0.0696. The van der Waals surface area contributed by atoms with E-state index < -0.39 is 5.97 Å². The number of anilines is 1. The molecule has 2 fully saturated rings. The lowest BCUT2D eigenvalue weighted by atomic mass is 9.97. The van der Waals surface area contributed by atoms with Crippen LogP contribution in [0.5, 0.6) is 11.5 Å². The molecule has 8 heteroatoms. The molecule has 2 aromatic carbocycles. The van der Waals surface area contributed by atoms with Crippen molar-refractivity contribution in [1.82, 2.24) is 10.1 Å². The molecule has 4 atom stereocenters. The van der Waals surface area contributed by atoms with Crippen LogP contribution in [0.15, 0.2) is 42.5 Å². The van der Waals surface area contributed by atoms with Crippen molar-refractivity contribution in [2.45, 2.75) is 18.6 Å². The van der Waals surface area contributed by atoms with Gasteiger partial charge < -0.3 is 15.3 Å². The topological polar surface area (TPSA) is 113 Å². The molecule has 5 N–H and O–H groups in total. The molecule has 4 unspecified atom stereocenters. The minimum Gasteiger partial charge on any atom is -0.508 e. The average Bonchev–Trinajstić information content (AvgIpc) is 3.13. The van der Waals surface area contributed by atoms with E-state index in [4.69, 9.17) is 5.84 Å². The molecule has 0 radical (unpaired) electrons. The zero-order valence-corrected chi connectivity index (χ0v) is 12.6. The number of aromatic carboxylic acids is 1. The van der Waals surface area contributed by atoms with Crippen LogP contribution in [-0.2, 0) is 0 Å². The Hall–Kier alpha value is -2.81. The van der Waals surface area contributed by atoms with Crippen LogP contribution in [0.2, 0.25) is 0 Å². The summed E-state index contributed by atoms with van der Waals surface area (Å²) in [7, 11) is 0. The summed E-state index contributed by atoms with van der Waals surface area (Å²) < 4.78 is 0. The number of carbonyl (C=O) groups is 1. The Bertz CT molecular complexity index is 827. The van der Waals surface area contributed by atoms with Crippen molar-refractivity contribution >= 4 is 11.7 Å². The van der Waals surface area contributed by atoms with E-state index in [0.717, 1.165) is 6.42 Å². The summed E-state index contributed by atoms with van der Waals surface area (Å²) in [6.07, 6.45) is 0.830. The van der Waals surface area contributed by atoms with Gasteiger partial charge in [-0.05, 0) is 18.2 Å². The molecular formula is C16H16N4O4. The third-order valence-electron chi connectivity index (χ3n) is 4.48. The fourth-order valence-corrected chi connectivity index (χ4v) is 3.24. The number of nitrogens with two attached hydrogens (primary N) is 1. The second kappa shape index (κ2) is 5.10. The molecular weight excluding hydrogens is 312 g/mol. The smallest absolute Gasteiger partial charge is 0.337 e. The van der Waals surface area contributed by atoms with Gasteiger partial charge in [0.2, 0.25) is 0 Å². The van der Waals surface area contributed by atoms with Crippen molar-refractivity contribution in [3.63, 3.8) is 0 Å². The van der Waals surface area contributed by atoms with Crippen LogP contribution >= 0.6 is 0 Å². The fourth-order valence-electron chi connectivity index (χ4n) is 3.24. The number of phenols is 2. The average molecular weight is 328 g/mol. The van der Waals surface area contributed by atoms with Gasteiger partial charge in [-0.15, -0.1) is 5.12 Å². The number of nitrogens with zero attached hydrogens (tertiary/aromatic N) is 3. The Morgan fingerprint density at radius 3 is 2.67 bits per heavy atom. The molecule has 8 nitrogen and oxygen atoms in total. The van der Waals surface area contributed by atoms with E-state index in [1.165, 1.54) is 23.3 Å². The van der Waals surface area contributed by atoms with Gasteiger partial charge in [-0.2, -0.15) is 5.01 Å². The molecule has 0 amide bonds. The number of hydrazine groups is 3. The molecule has 0 saturated carbocycles. The van der Waals surface area contributed by atoms with E-state index in [1.54, 1.807) is 29.4 Å². The number of rotatable bonds is 4. The van der Waals surface area contributed by atoms with Crippen molar-refractivity contribution in [2.75, 3.05) is 5.12 Å². The van der Waals surface area contributed by atoms with Crippen LogP contribution in [0.1, 0.15) is 28.4 Å². The van der Waals surface area contributed by atoms with Gasteiger partial charge in [0.25, 0.3) is 0 Å². The molecule has 2 heterocycles. The third-order valence-corrected chi connectivity index (χ3v) is 4.48. The van der Waals surface area contributed by atoms with E-state index in [0.29, 0.717) is 11.3 Å². The van der Waals surface area contributed by atoms with E-state index in [9.17, 15) is 20.1 Å². The fraction of sp³-hybridized carbons (Fsp3) is 0.188. The lowest BCUT2D eigenvalue weighted by Crippen LogP contribution is -2.39. The first-order valence-electron chi connectivity index (χ1n) is 7.45. The number of hydrogen-bond acceptors (Lipinski definition) is 7. The number of fused-ring (bicyclic) bond motifs is 1. The Balaban J connectivity index is 1.56. The highest BCUT2D eigenvalue weighted by atomic mass is 16.4. The van der Waals surface area contributed by atoms with Crippen molar-refractivity contribution in [3.05, 3.63) is 53.6 Å². The molecule has 2 aliphatic rings. The molecule has 2 saturated heterocycles. The van der Waals surface area contributed by atoms with E-state index in [1.807, 2.05) is 5.01 Å². The number of phenolic OH excluding ortho intramolecular Hbond substituents is 2. The Morgan fingerprint density at radius 2 is 1.96 bits per heavy atom. The largest absolute Gasteiger partial charge is 0.508 e. The summed E-state index contributed by atoms with van der Waals surface area (Å²) in [5.41, 5.74) is 1.22. The molecule has 4 rings (SSSR count). The highest BCUT2D eigenvalue weighted by Gasteiger charge is 2.63. The maximum atomic E-state index is 11.3. The van der Waals surface area contributed by atoms with E-state index in [2.05, 4.69) is 0 Å². The Morgan fingerprint density at radius 1 is 1.21 bits per heavy atom. The maximum absolute atomic E-state index is 11.3. The van der Waals surface area contributed by atoms with Gasteiger partial charge in [-0.3, -0.25) is 0 Å². The molecule has 2 aromatic rings.